The predicted molar refractivity (Wildman–Crippen MR) is 133 cm³/mol. The Balaban J connectivity index is 1.18. The first kappa shape index (κ1) is 24.3. The summed E-state index contributed by atoms with van der Waals surface area (Å²) < 4.78 is 29.2. The van der Waals surface area contributed by atoms with Crippen molar-refractivity contribution in [3.8, 4) is 5.75 Å². The van der Waals surface area contributed by atoms with Gasteiger partial charge in [-0.1, -0.05) is 25.1 Å². The molecule has 2 aromatic carbocycles. The summed E-state index contributed by atoms with van der Waals surface area (Å²) in [6.45, 7) is 2.32. The van der Waals surface area contributed by atoms with Gasteiger partial charge in [-0.15, -0.1) is 0 Å². The number of fused-ring (bicyclic) bond motifs is 5. The number of sulfonamides is 1. The smallest absolute Gasteiger partial charge is 0.306 e. The SMILES string of the molecule is C[C@]12CCC3c4ccc(O)cc4CCC3C1CC[C@@H]2OC(=O)CCCc1cccc(S(N)(=O)=O)c1. The van der Waals surface area contributed by atoms with Crippen LogP contribution in [0.3, 0.4) is 0 Å². The third-order valence-electron chi connectivity index (χ3n) is 8.97. The number of carbonyl (C=O) groups is 1. The van der Waals surface area contributed by atoms with E-state index in [1.54, 1.807) is 12.1 Å². The zero-order valence-corrected chi connectivity index (χ0v) is 21.1. The summed E-state index contributed by atoms with van der Waals surface area (Å²) in [5.74, 6) is 1.90. The summed E-state index contributed by atoms with van der Waals surface area (Å²) in [4.78, 5) is 12.8. The molecule has 3 N–H and O–H groups in total. The molecule has 2 saturated carbocycles. The van der Waals surface area contributed by atoms with Gasteiger partial charge < -0.3 is 9.84 Å². The van der Waals surface area contributed by atoms with Crippen LogP contribution in [0.4, 0.5) is 0 Å². The van der Waals surface area contributed by atoms with E-state index in [-0.39, 0.29) is 22.4 Å². The molecule has 35 heavy (non-hydrogen) atoms. The Morgan fingerprint density at radius 1 is 1.14 bits per heavy atom. The number of aryl methyl sites for hydroxylation is 2. The zero-order chi connectivity index (χ0) is 24.8. The summed E-state index contributed by atoms with van der Waals surface area (Å²) in [7, 11) is -3.73. The van der Waals surface area contributed by atoms with Crippen LogP contribution in [0.15, 0.2) is 47.4 Å². The van der Waals surface area contributed by atoms with Crippen molar-refractivity contribution < 1.29 is 23.1 Å². The fourth-order valence-electron chi connectivity index (χ4n) is 7.25. The van der Waals surface area contributed by atoms with E-state index >= 15 is 0 Å². The quantitative estimate of drug-likeness (QED) is 0.556. The average Bonchev–Trinajstić information content (AvgIpc) is 3.14. The van der Waals surface area contributed by atoms with E-state index in [4.69, 9.17) is 9.88 Å². The van der Waals surface area contributed by atoms with Gasteiger partial charge in [0.2, 0.25) is 10.0 Å². The van der Waals surface area contributed by atoms with E-state index in [0.29, 0.717) is 42.8 Å². The number of rotatable bonds is 6. The van der Waals surface area contributed by atoms with Crippen molar-refractivity contribution >= 4 is 16.0 Å². The lowest BCUT2D eigenvalue weighted by Crippen LogP contribution is -2.45. The van der Waals surface area contributed by atoms with Gasteiger partial charge in [-0.25, -0.2) is 13.6 Å². The molecular formula is C28H35NO5S. The molecule has 3 aliphatic carbocycles. The van der Waals surface area contributed by atoms with Crippen LogP contribution >= 0.6 is 0 Å². The summed E-state index contributed by atoms with van der Waals surface area (Å²) in [6.07, 6.45) is 7.82. The van der Waals surface area contributed by atoms with Crippen LogP contribution in [0.25, 0.3) is 0 Å². The Hall–Kier alpha value is -2.38. The molecule has 0 heterocycles. The van der Waals surface area contributed by atoms with Crippen molar-refractivity contribution in [2.75, 3.05) is 0 Å². The van der Waals surface area contributed by atoms with Crippen molar-refractivity contribution in [2.24, 2.45) is 22.4 Å². The number of benzene rings is 2. The van der Waals surface area contributed by atoms with Crippen LogP contribution in [-0.4, -0.2) is 25.6 Å². The molecule has 3 unspecified atom stereocenters. The first-order valence-corrected chi connectivity index (χ1v) is 14.3. The van der Waals surface area contributed by atoms with Gasteiger partial charge in [0.05, 0.1) is 4.90 Å². The monoisotopic (exact) mass is 497 g/mol. The van der Waals surface area contributed by atoms with Gasteiger partial charge in [-0.3, -0.25) is 4.79 Å². The molecule has 7 heteroatoms. The van der Waals surface area contributed by atoms with Crippen molar-refractivity contribution in [1.82, 2.24) is 0 Å². The molecular weight excluding hydrogens is 462 g/mol. The number of hydrogen-bond donors (Lipinski definition) is 2. The van der Waals surface area contributed by atoms with E-state index in [1.807, 2.05) is 18.2 Å². The van der Waals surface area contributed by atoms with Crippen LogP contribution in [0.1, 0.15) is 74.5 Å². The Bertz CT molecular complexity index is 1230. The molecule has 6 nitrogen and oxygen atoms in total. The van der Waals surface area contributed by atoms with Crippen LogP contribution in [0.2, 0.25) is 0 Å². The number of hydrogen-bond acceptors (Lipinski definition) is 5. The molecule has 0 radical (unpaired) electrons. The molecule has 3 aliphatic rings. The fraction of sp³-hybridized carbons (Fsp3) is 0.536. The van der Waals surface area contributed by atoms with Crippen LogP contribution < -0.4 is 5.14 Å². The molecule has 0 aromatic heterocycles. The Morgan fingerprint density at radius 3 is 2.77 bits per heavy atom. The number of carbonyl (C=O) groups excluding carboxylic acids is 1. The standard InChI is InChI=1S/C28H35NO5S/c1-28-15-14-23-22-11-9-20(30)17-19(22)8-10-24(23)25(28)12-13-26(28)34-27(31)7-3-5-18-4-2-6-21(16-18)35(29,32)33/h2,4,6,9,11,16-17,23-26,30H,3,5,7-8,10,12-15H2,1H3,(H2,29,32,33)/t23?,24?,25?,26-,28-/m0/s1. The maximum atomic E-state index is 12.7. The third-order valence-corrected chi connectivity index (χ3v) is 9.88. The van der Waals surface area contributed by atoms with E-state index in [1.165, 1.54) is 17.2 Å². The van der Waals surface area contributed by atoms with Crippen LogP contribution in [0.5, 0.6) is 5.75 Å². The second-order valence-electron chi connectivity index (χ2n) is 10.9. The maximum Gasteiger partial charge on any atom is 0.306 e. The Kier molecular flexibility index (Phi) is 6.43. The molecule has 0 spiro atoms. The van der Waals surface area contributed by atoms with Gasteiger partial charge in [0.15, 0.2) is 0 Å². The highest BCUT2D eigenvalue weighted by Gasteiger charge is 2.56. The van der Waals surface area contributed by atoms with Crippen LogP contribution in [0, 0.1) is 17.3 Å². The Morgan fingerprint density at radius 2 is 1.97 bits per heavy atom. The summed E-state index contributed by atoms with van der Waals surface area (Å²) in [6, 6.07) is 12.5. The number of phenols is 1. The lowest BCUT2D eigenvalue weighted by Gasteiger charge is -2.50. The van der Waals surface area contributed by atoms with E-state index < -0.39 is 10.0 Å². The molecule has 0 bridgehead atoms. The van der Waals surface area contributed by atoms with Crippen molar-refractivity contribution in [2.45, 2.75) is 81.6 Å². The normalized spacial score (nSPS) is 29.7. The molecule has 188 valence electrons. The second-order valence-corrected chi connectivity index (χ2v) is 12.5. The first-order chi connectivity index (χ1) is 16.6. The van der Waals surface area contributed by atoms with Crippen molar-refractivity contribution in [3.63, 3.8) is 0 Å². The highest BCUT2D eigenvalue weighted by molar-refractivity contribution is 7.89. The van der Waals surface area contributed by atoms with Gasteiger partial charge in [-0.05, 0) is 110 Å². The summed E-state index contributed by atoms with van der Waals surface area (Å²) >= 11 is 0. The number of nitrogens with two attached hydrogens (primary N) is 1. The maximum absolute atomic E-state index is 12.7. The van der Waals surface area contributed by atoms with Gasteiger partial charge in [0.1, 0.15) is 11.9 Å². The number of esters is 1. The molecule has 0 amide bonds. The summed E-state index contributed by atoms with van der Waals surface area (Å²) in [5, 5.41) is 15.1. The minimum atomic E-state index is -3.73. The van der Waals surface area contributed by atoms with Gasteiger partial charge >= 0.3 is 5.97 Å². The summed E-state index contributed by atoms with van der Waals surface area (Å²) in [5.41, 5.74) is 3.58. The van der Waals surface area contributed by atoms with Gasteiger partial charge in [0, 0.05) is 11.8 Å². The van der Waals surface area contributed by atoms with Crippen molar-refractivity contribution in [1.29, 1.82) is 0 Å². The molecule has 2 aromatic rings. The number of aromatic hydroxyl groups is 1. The topological polar surface area (TPSA) is 107 Å². The minimum Gasteiger partial charge on any atom is -0.508 e. The Labute approximate surface area is 207 Å². The fourth-order valence-corrected chi connectivity index (χ4v) is 7.83. The molecule has 5 atom stereocenters. The second kappa shape index (κ2) is 9.25. The lowest BCUT2D eigenvalue weighted by atomic mass is 9.55. The lowest BCUT2D eigenvalue weighted by molar-refractivity contribution is -0.157. The largest absolute Gasteiger partial charge is 0.508 e. The predicted octanol–water partition coefficient (Wildman–Crippen LogP) is 4.83. The van der Waals surface area contributed by atoms with Crippen LogP contribution in [-0.2, 0) is 32.4 Å². The highest BCUT2D eigenvalue weighted by Crippen LogP contribution is 2.61. The molecule has 0 aliphatic heterocycles. The first-order valence-electron chi connectivity index (χ1n) is 12.8. The highest BCUT2D eigenvalue weighted by atomic mass is 32.2. The number of primary sulfonamides is 1. The average molecular weight is 498 g/mol. The van der Waals surface area contributed by atoms with E-state index in [0.717, 1.165) is 44.1 Å². The van der Waals surface area contributed by atoms with E-state index in [9.17, 15) is 18.3 Å². The zero-order valence-electron chi connectivity index (χ0n) is 20.3. The van der Waals surface area contributed by atoms with Crippen molar-refractivity contribution in [3.05, 3.63) is 59.2 Å². The van der Waals surface area contributed by atoms with Gasteiger partial charge in [0.25, 0.3) is 0 Å². The number of phenolic OH excluding ortho intramolecular Hbond substituents is 1. The number of ether oxygens (including phenoxy) is 1. The van der Waals surface area contributed by atoms with E-state index in [2.05, 4.69) is 13.0 Å². The minimum absolute atomic E-state index is 0.0229. The van der Waals surface area contributed by atoms with Gasteiger partial charge in [-0.2, -0.15) is 0 Å². The molecule has 0 saturated heterocycles. The third kappa shape index (κ3) is 4.73. The molecule has 2 fully saturated rings. The molecule has 5 rings (SSSR count).